The lowest BCUT2D eigenvalue weighted by Crippen LogP contribution is -2.13. The number of carbonyl (C=O) groups is 1. The number of anilines is 1. The minimum atomic E-state index is -0.191. The van der Waals surface area contributed by atoms with Crippen LogP contribution < -0.4 is 5.32 Å². The maximum Gasteiger partial charge on any atom is 0.256 e. The van der Waals surface area contributed by atoms with Crippen LogP contribution in [0.15, 0.2) is 102 Å². The van der Waals surface area contributed by atoms with E-state index in [1.165, 1.54) is 6.39 Å². The van der Waals surface area contributed by atoms with E-state index in [-0.39, 0.29) is 5.91 Å². The van der Waals surface area contributed by atoms with Gasteiger partial charge in [-0.2, -0.15) is 5.10 Å². The Labute approximate surface area is 184 Å². The molecule has 156 valence electrons. The largest absolute Gasteiger partial charge is 0.423 e. The molecule has 0 saturated carbocycles. The third-order valence-electron chi connectivity index (χ3n) is 5.07. The first-order chi connectivity index (χ1) is 15.8. The molecular weight excluding hydrogens is 402 g/mol. The Morgan fingerprint density at radius 3 is 2.59 bits per heavy atom. The van der Waals surface area contributed by atoms with E-state index in [9.17, 15) is 4.79 Å². The second kappa shape index (κ2) is 8.69. The Bertz CT molecular complexity index is 1330. The summed E-state index contributed by atoms with van der Waals surface area (Å²) in [5.74, 6) is 0.209. The fourth-order valence-electron chi connectivity index (χ4n) is 3.53. The number of nitrogens with zero attached hydrogens (tertiary/aromatic N) is 4. The third kappa shape index (κ3) is 4.17. The molecule has 0 unspecified atom stereocenters. The van der Waals surface area contributed by atoms with E-state index in [1.54, 1.807) is 12.3 Å². The molecule has 7 nitrogen and oxygen atoms in total. The zero-order chi connectivity index (χ0) is 21.8. The van der Waals surface area contributed by atoms with Crippen LogP contribution in [0.5, 0.6) is 0 Å². The zero-order valence-corrected chi connectivity index (χ0v) is 17.1. The summed E-state index contributed by atoms with van der Waals surface area (Å²) < 4.78 is 7.12. The molecule has 0 saturated heterocycles. The summed E-state index contributed by atoms with van der Waals surface area (Å²) in [7, 11) is 0. The van der Waals surface area contributed by atoms with Crippen molar-refractivity contribution in [2.75, 3.05) is 5.32 Å². The summed E-state index contributed by atoms with van der Waals surface area (Å²) >= 11 is 0. The van der Waals surface area contributed by atoms with Gasteiger partial charge in [-0.3, -0.25) is 9.48 Å². The lowest BCUT2D eigenvalue weighted by molar-refractivity contribution is 0.102. The van der Waals surface area contributed by atoms with Crippen LogP contribution in [0.4, 0.5) is 5.69 Å². The van der Waals surface area contributed by atoms with Crippen LogP contribution in [0.2, 0.25) is 0 Å². The van der Waals surface area contributed by atoms with Gasteiger partial charge in [0.1, 0.15) is 0 Å². The second-order valence-electron chi connectivity index (χ2n) is 7.22. The van der Waals surface area contributed by atoms with Crippen LogP contribution in [-0.2, 0) is 6.54 Å². The first kappa shape index (κ1) is 19.4. The molecule has 1 N–H and O–H groups in total. The van der Waals surface area contributed by atoms with E-state index in [0.717, 1.165) is 22.3 Å². The molecule has 0 aliphatic heterocycles. The Balaban J connectivity index is 1.37. The molecule has 0 atom stereocenters. The lowest BCUT2D eigenvalue weighted by Gasteiger charge is -2.12. The van der Waals surface area contributed by atoms with Crippen molar-refractivity contribution in [3.05, 3.63) is 109 Å². The number of carbonyl (C=O) groups excluding carboxylic acids is 1. The Hall–Kier alpha value is -4.52. The first-order valence-electron chi connectivity index (χ1n) is 10.1. The normalized spacial score (nSPS) is 10.8. The molecule has 0 aliphatic rings. The van der Waals surface area contributed by atoms with E-state index in [4.69, 9.17) is 4.42 Å². The minimum absolute atomic E-state index is 0.191. The first-order valence-corrected chi connectivity index (χ1v) is 10.1. The van der Waals surface area contributed by atoms with Crippen molar-refractivity contribution in [2.45, 2.75) is 6.54 Å². The van der Waals surface area contributed by atoms with Gasteiger partial charge in [0.25, 0.3) is 5.91 Å². The van der Waals surface area contributed by atoms with Crippen LogP contribution in [0.1, 0.15) is 15.9 Å². The number of hydrogen-bond donors (Lipinski definition) is 1. The quantitative estimate of drug-likeness (QED) is 0.421. The van der Waals surface area contributed by atoms with Gasteiger partial charge in [-0.05, 0) is 47.0 Å². The maximum absolute atomic E-state index is 13.1. The summed E-state index contributed by atoms with van der Waals surface area (Å²) in [4.78, 5) is 13.1. The van der Waals surface area contributed by atoms with Crippen LogP contribution in [-0.4, -0.2) is 25.9 Å². The molecule has 32 heavy (non-hydrogen) atoms. The predicted molar refractivity (Wildman–Crippen MR) is 121 cm³/mol. The molecule has 0 fully saturated rings. The molecule has 0 spiro atoms. The van der Waals surface area contributed by atoms with Crippen molar-refractivity contribution >= 4 is 11.6 Å². The van der Waals surface area contributed by atoms with Gasteiger partial charge >= 0.3 is 0 Å². The molecule has 0 bridgehead atoms. The third-order valence-corrected chi connectivity index (χ3v) is 5.07. The van der Waals surface area contributed by atoms with Crippen LogP contribution in [0.25, 0.3) is 22.6 Å². The fraction of sp³-hybridized carbons (Fsp3) is 0.0400. The van der Waals surface area contributed by atoms with E-state index in [1.807, 2.05) is 71.5 Å². The highest BCUT2D eigenvalue weighted by Crippen LogP contribution is 2.26. The van der Waals surface area contributed by atoms with Gasteiger partial charge < -0.3 is 9.73 Å². The smallest absolute Gasteiger partial charge is 0.256 e. The molecule has 3 aromatic carbocycles. The Kier molecular flexibility index (Phi) is 5.28. The van der Waals surface area contributed by atoms with Gasteiger partial charge in [0.2, 0.25) is 12.3 Å². The van der Waals surface area contributed by atoms with Crippen LogP contribution in [0, 0.1) is 0 Å². The van der Waals surface area contributed by atoms with Gasteiger partial charge in [-0.25, -0.2) is 0 Å². The van der Waals surface area contributed by atoms with Gasteiger partial charge in [0, 0.05) is 29.2 Å². The molecule has 0 aliphatic carbocycles. The van der Waals surface area contributed by atoms with Gasteiger partial charge in [0.05, 0.1) is 6.54 Å². The molecule has 2 heterocycles. The molecule has 5 rings (SSSR count). The van der Waals surface area contributed by atoms with Crippen molar-refractivity contribution in [3.8, 4) is 22.6 Å². The number of hydrogen-bond acceptors (Lipinski definition) is 5. The second-order valence-corrected chi connectivity index (χ2v) is 7.22. The number of nitrogens with one attached hydrogen (secondary N) is 1. The van der Waals surface area contributed by atoms with Gasteiger partial charge in [-0.1, -0.05) is 48.5 Å². The zero-order valence-electron chi connectivity index (χ0n) is 17.1. The van der Waals surface area contributed by atoms with Crippen molar-refractivity contribution < 1.29 is 9.21 Å². The standard InChI is InChI=1S/C25H19N5O2/c31-24(28-21-6-3-5-20(15-21)25-29-26-17-32-25)23-8-2-1-7-22(23)19-11-9-18(10-12-19)16-30-14-4-13-27-30/h1-15,17H,16H2,(H,28,31). The summed E-state index contributed by atoms with van der Waals surface area (Å²) in [5, 5.41) is 14.8. The summed E-state index contributed by atoms with van der Waals surface area (Å²) in [5.41, 5.74) is 4.95. The topological polar surface area (TPSA) is 85.8 Å². The number of aromatic nitrogens is 4. The SMILES string of the molecule is O=C(Nc1cccc(-c2nnco2)c1)c1ccccc1-c1ccc(Cn2cccn2)cc1. The van der Waals surface area contributed by atoms with Crippen molar-refractivity contribution in [1.82, 2.24) is 20.0 Å². The van der Waals surface area contributed by atoms with Gasteiger partial charge in [0.15, 0.2) is 0 Å². The average Bonchev–Trinajstić information content (AvgIpc) is 3.55. The van der Waals surface area contributed by atoms with Crippen LogP contribution in [0.3, 0.4) is 0 Å². The molecule has 5 aromatic rings. The van der Waals surface area contributed by atoms with E-state index >= 15 is 0 Å². The lowest BCUT2D eigenvalue weighted by atomic mass is 9.98. The Morgan fingerprint density at radius 1 is 0.938 bits per heavy atom. The summed E-state index contributed by atoms with van der Waals surface area (Å²) in [6, 6.07) is 24.9. The molecular formula is C25H19N5O2. The average molecular weight is 421 g/mol. The predicted octanol–water partition coefficient (Wildman–Crippen LogP) is 4.90. The minimum Gasteiger partial charge on any atom is -0.423 e. The molecule has 0 radical (unpaired) electrons. The van der Waals surface area contributed by atoms with Crippen molar-refractivity contribution in [3.63, 3.8) is 0 Å². The summed E-state index contributed by atoms with van der Waals surface area (Å²) in [6.07, 6.45) is 4.97. The number of benzene rings is 3. The van der Waals surface area contributed by atoms with E-state index < -0.39 is 0 Å². The molecule has 1 amide bonds. The van der Waals surface area contributed by atoms with E-state index in [0.29, 0.717) is 23.7 Å². The Morgan fingerprint density at radius 2 is 1.81 bits per heavy atom. The number of amides is 1. The van der Waals surface area contributed by atoms with Crippen LogP contribution >= 0.6 is 0 Å². The highest BCUT2D eigenvalue weighted by molar-refractivity contribution is 6.08. The van der Waals surface area contributed by atoms with Crippen molar-refractivity contribution in [1.29, 1.82) is 0 Å². The number of rotatable bonds is 6. The van der Waals surface area contributed by atoms with Gasteiger partial charge in [-0.15, -0.1) is 10.2 Å². The van der Waals surface area contributed by atoms with Crippen molar-refractivity contribution in [2.24, 2.45) is 0 Å². The highest BCUT2D eigenvalue weighted by atomic mass is 16.4. The maximum atomic E-state index is 13.1. The monoisotopic (exact) mass is 421 g/mol. The van der Waals surface area contributed by atoms with E-state index in [2.05, 4.69) is 32.7 Å². The molecule has 7 heteroatoms. The summed E-state index contributed by atoms with van der Waals surface area (Å²) in [6.45, 7) is 0.700. The molecule has 2 aromatic heterocycles. The highest BCUT2D eigenvalue weighted by Gasteiger charge is 2.14. The fourth-order valence-corrected chi connectivity index (χ4v) is 3.53.